The second kappa shape index (κ2) is 9.52. The molecule has 3 heterocycles. The normalized spacial score (nSPS) is 22.9. The van der Waals surface area contributed by atoms with E-state index in [0.717, 1.165) is 65.4 Å². The van der Waals surface area contributed by atoms with Crippen molar-refractivity contribution in [2.24, 2.45) is 11.8 Å². The number of carbonyl (C=O) groups is 1. The molecule has 2 unspecified atom stereocenters. The van der Waals surface area contributed by atoms with Crippen molar-refractivity contribution in [1.29, 1.82) is 0 Å². The molecule has 0 radical (unpaired) electrons. The predicted octanol–water partition coefficient (Wildman–Crippen LogP) is 7.27. The lowest BCUT2D eigenvalue weighted by atomic mass is 9.95. The van der Waals surface area contributed by atoms with Gasteiger partial charge in [0.15, 0.2) is 5.13 Å². The minimum Gasteiger partial charge on any atom is -0.478 e. The van der Waals surface area contributed by atoms with Crippen molar-refractivity contribution >= 4 is 55.9 Å². The van der Waals surface area contributed by atoms with Gasteiger partial charge in [-0.15, -0.1) is 0 Å². The van der Waals surface area contributed by atoms with Crippen molar-refractivity contribution in [3.63, 3.8) is 0 Å². The van der Waals surface area contributed by atoms with Gasteiger partial charge in [0.2, 0.25) is 0 Å². The van der Waals surface area contributed by atoms with Gasteiger partial charge in [-0.3, -0.25) is 0 Å². The molecule has 1 N–H and O–H groups in total. The highest BCUT2D eigenvalue weighted by Crippen LogP contribution is 2.47. The fraction of sp³-hybridized carbons (Fsp3) is 0.393. The number of hydrogen-bond acceptors (Lipinski definition) is 7. The van der Waals surface area contributed by atoms with Gasteiger partial charge in [0.1, 0.15) is 11.5 Å². The molecule has 2 atom stereocenters. The number of hydrogen-bond donors (Lipinski definition) is 1. The van der Waals surface area contributed by atoms with Crippen LogP contribution in [0.2, 0.25) is 10.0 Å². The number of carboxylic acids is 1. The van der Waals surface area contributed by atoms with Crippen molar-refractivity contribution in [1.82, 2.24) is 10.1 Å². The van der Waals surface area contributed by atoms with E-state index in [1.807, 2.05) is 18.2 Å². The fourth-order valence-electron chi connectivity index (χ4n) is 6.01. The number of thiazole rings is 1. The molecule has 7 nitrogen and oxygen atoms in total. The Labute approximate surface area is 233 Å². The van der Waals surface area contributed by atoms with Crippen LogP contribution < -0.4 is 4.90 Å². The number of halogens is 2. The number of piperidine rings is 1. The van der Waals surface area contributed by atoms with Gasteiger partial charge in [0.05, 0.1) is 38.5 Å². The first-order valence-corrected chi connectivity index (χ1v) is 14.5. The molecule has 7 rings (SSSR count). The molecule has 38 heavy (non-hydrogen) atoms. The first-order chi connectivity index (χ1) is 18.5. The van der Waals surface area contributed by atoms with Crippen molar-refractivity contribution in [2.75, 3.05) is 18.0 Å². The minimum atomic E-state index is -0.921. The topological polar surface area (TPSA) is 88.7 Å². The first kappa shape index (κ1) is 24.4. The van der Waals surface area contributed by atoms with Gasteiger partial charge in [-0.1, -0.05) is 45.8 Å². The van der Waals surface area contributed by atoms with E-state index in [2.05, 4.69) is 10.1 Å². The summed E-state index contributed by atoms with van der Waals surface area (Å²) < 4.78 is 13.4. The molecule has 4 aromatic rings. The molecule has 2 aliphatic carbocycles. The fourth-order valence-corrected chi connectivity index (χ4v) is 7.61. The van der Waals surface area contributed by atoms with E-state index >= 15 is 0 Å². The highest BCUT2D eigenvalue weighted by molar-refractivity contribution is 7.22. The van der Waals surface area contributed by atoms with Crippen LogP contribution in [0, 0.1) is 11.8 Å². The largest absolute Gasteiger partial charge is 0.478 e. The third kappa shape index (κ3) is 4.28. The van der Waals surface area contributed by atoms with Crippen LogP contribution in [0.15, 0.2) is 40.9 Å². The highest BCUT2D eigenvalue weighted by atomic mass is 35.5. The predicted molar refractivity (Wildman–Crippen MR) is 148 cm³/mol. The second-order valence-electron chi connectivity index (χ2n) is 10.5. The van der Waals surface area contributed by atoms with E-state index < -0.39 is 5.97 Å². The van der Waals surface area contributed by atoms with Gasteiger partial charge in [-0.05, 0) is 56.0 Å². The highest BCUT2D eigenvalue weighted by Gasteiger charge is 2.44. The Balaban J connectivity index is 1.10. The van der Waals surface area contributed by atoms with E-state index in [1.165, 1.54) is 0 Å². The van der Waals surface area contributed by atoms with Crippen molar-refractivity contribution in [3.05, 3.63) is 63.3 Å². The van der Waals surface area contributed by atoms with Gasteiger partial charge in [-0.25, -0.2) is 9.78 Å². The number of carboxylic acid groups (broad SMARTS) is 1. The number of aromatic nitrogens is 2. The Morgan fingerprint density at radius 2 is 1.84 bits per heavy atom. The SMILES string of the molecule is O=C(O)c1ccc2nc(N3CC4CCC(C3)C4OCc3c(-c4c(Cl)cccc4Cl)noc3C3CC3)sc2c1. The maximum atomic E-state index is 11.4. The van der Waals surface area contributed by atoms with Crippen molar-refractivity contribution in [2.45, 2.75) is 44.3 Å². The molecular weight excluding hydrogens is 545 g/mol. The Bertz CT molecular complexity index is 1510. The second-order valence-corrected chi connectivity index (χ2v) is 12.3. The summed E-state index contributed by atoms with van der Waals surface area (Å²) in [4.78, 5) is 18.5. The molecule has 2 aromatic carbocycles. The number of fused-ring (bicyclic) bond motifs is 3. The van der Waals surface area contributed by atoms with Crippen LogP contribution in [-0.4, -0.2) is 40.4 Å². The molecule has 2 aromatic heterocycles. The van der Waals surface area contributed by atoms with Gasteiger partial charge >= 0.3 is 5.97 Å². The maximum absolute atomic E-state index is 11.4. The maximum Gasteiger partial charge on any atom is 0.335 e. The van der Waals surface area contributed by atoms with Crippen molar-refractivity contribution < 1.29 is 19.2 Å². The lowest BCUT2D eigenvalue weighted by molar-refractivity contribution is -0.0179. The van der Waals surface area contributed by atoms with Crippen LogP contribution in [0.4, 0.5) is 5.13 Å². The average molecular weight is 570 g/mol. The number of rotatable bonds is 7. The van der Waals surface area contributed by atoms with E-state index in [-0.39, 0.29) is 11.7 Å². The molecule has 1 saturated heterocycles. The molecule has 3 fully saturated rings. The third-order valence-corrected chi connectivity index (χ3v) is 9.74. The van der Waals surface area contributed by atoms with Crippen molar-refractivity contribution in [3.8, 4) is 11.3 Å². The number of benzene rings is 2. The molecule has 1 aliphatic heterocycles. The first-order valence-electron chi connectivity index (χ1n) is 12.9. The standard InChI is InChI=1S/C28H25Cl2N3O4S/c29-19-2-1-3-20(30)23(19)24-18(26(37-32-24)14-4-5-14)13-36-25-16-6-7-17(25)12-33(11-16)28-31-21-9-8-15(27(34)35)10-22(21)38-28/h1-3,8-10,14,16-17,25H,4-7,11-13H2,(H,34,35). The lowest BCUT2D eigenvalue weighted by Crippen LogP contribution is -2.46. The van der Waals surface area contributed by atoms with E-state index in [0.29, 0.717) is 45.7 Å². The van der Waals surface area contributed by atoms with Gasteiger partial charge in [0, 0.05) is 42.0 Å². The zero-order valence-electron chi connectivity index (χ0n) is 20.4. The van der Waals surface area contributed by atoms with Crippen LogP contribution in [0.1, 0.15) is 53.3 Å². The van der Waals surface area contributed by atoms with Gasteiger partial charge in [-0.2, -0.15) is 0 Å². The monoisotopic (exact) mass is 569 g/mol. The Hall–Kier alpha value is -2.65. The smallest absolute Gasteiger partial charge is 0.335 e. The zero-order chi connectivity index (χ0) is 26.0. The van der Waals surface area contributed by atoms with Crippen LogP contribution in [-0.2, 0) is 11.3 Å². The number of aromatic carboxylic acids is 1. The Morgan fingerprint density at radius 1 is 1.11 bits per heavy atom. The van der Waals surface area contributed by atoms with E-state index in [1.54, 1.807) is 29.5 Å². The average Bonchev–Trinajstić information content (AvgIpc) is 3.44. The molecule has 0 spiro atoms. The summed E-state index contributed by atoms with van der Waals surface area (Å²) in [6.45, 7) is 2.16. The molecule has 10 heteroatoms. The Morgan fingerprint density at radius 3 is 2.53 bits per heavy atom. The minimum absolute atomic E-state index is 0.149. The van der Waals surface area contributed by atoms with Crippen LogP contribution in [0.3, 0.4) is 0 Å². The van der Waals surface area contributed by atoms with Crippen LogP contribution >= 0.6 is 34.5 Å². The summed E-state index contributed by atoms with van der Waals surface area (Å²) in [6, 6.07) is 10.6. The molecule has 2 saturated carbocycles. The van der Waals surface area contributed by atoms with Gasteiger partial charge < -0.3 is 19.3 Å². The molecule has 2 bridgehead atoms. The van der Waals surface area contributed by atoms with Crippen LogP contribution in [0.5, 0.6) is 0 Å². The Kier molecular flexibility index (Phi) is 6.11. The number of ether oxygens (including phenoxy) is 1. The van der Waals surface area contributed by atoms with Gasteiger partial charge in [0.25, 0.3) is 0 Å². The lowest BCUT2D eigenvalue weighted by Gasteiger charge is -2.37. The van der Waals surface area contributed by atoms with E-state index in [9.17, 15) is 9.90 Å². The molecular formula is C28H25Cl2N3O4S. The number of nitrogens with zero attached hydrogens (tertiary/aromatic N) is 3. The number of anilines is 1. The van der Waals surface area contributed by atoms with Crippen LogP contribution in [0.25, 0.3) is 21.5 Å². The summed E-state index contributed by atoms with van der Waals surface area (Å²) in [7, 11) is 0. The zero-order valence-corrected chi connectivity index (χ0v) is 22.7. The third-order valence-electron chi connectivity index (χ3n) is 8.03. The summed E-state index contributed by atoms with van der Waals surface area (Å²) in [5, 5.41) is 15.8. The summed E-state index contributed by atoms with van der Waals surface area (Å²) in [5.74, 6) is 1.15. The quantitative estimate of drug-likeness (QED) is 0.250. The summed E-state index contributed by atoms with van der Waals surface area (Å²) in [5.41, 5.74) is 3.47. The molecule has 196 valence electrons. The summed E-state index contributed by atoms with van der Waals surface area (Å²) in [6.07, 6.45) is 4.57. The molecule has 3 aliphatic rings. The molecule has 0 amide bonds. The van der Waals surface area contributed by atoms with E-state index in [4.69, 9.17) is 37.4 Å². The summed E-state index contributed by atoms with van der Waals surface area (Å²) >= 11 is 14.6.